The van der Waals surface area contributed by atoms with E-state index in [1.54, 1.807) is 30.4 Å². The van der Waals surface area contributed by atoms with Gasteiger partial charge in [-0.05, 0) is 25.1 Å². The van der Waals surface area contributed by atoms with Crippen LogP contribution in [0.15, 0.2) is 43.5 Å². The maximum Gasteiger partial charge on any atom is 0.176 e. The van der Waals surface area contributed by atoms with Gasteiger partial charge in [-0.2, -0.15) is 0 Å². The summed E-state index contributed by atoms with van der Waals surface area (Å²) >= 11 is 0. The molecule has 0 fully saturated rings. The van der Waals surface area contributed by atoms with Crippen LogP contribution < -0.4 is 10.5 Å². The lowest BCUT2D eigenvalue weighted by Crippen LogP contribution is -2.30. The molecule has 4 heteroatoms. The topological polar surface area (TPSA) is 55.6 Å². The van der Waals surface area contributed by atoms with Crippen molar-refractivity contribution in [3.05, 3.63) is 49.1 Å². The molecular weight excluding hydrogens is 252 g/mol. The Balaban J connectivity index is 2.78. The predicted octanol–water partition coefficient (Wildman–Crippen LogP) is 2.52. The number of carbonyl (C=O) groups is 1. The summed E-state index contributed by atoms with van der Waals surface area (Å²) in [5, 5.41) is 0. The summed E-state index contributed by atoms with van der Waals surface area (Å²) in [5.41, 5.74) is 6.94. The Morgan fingerprint density at radius 3 is 2.50 bits per heavy atom. The molecule has 0 aliphatic rings. The molecule has 1 aromatic carbocycles. The molecule has 0 aliphatic carbocycles. The predicted molar refractivity (Wildman–Crippen MR) is 83.2 cm³/mol. The lowest BCUT2D eigenvalue weighted by Gasteiger charge is -2.18. The van der Waals surface area contributed by atoms with Gasteiger partial charge in [-0.3, -0.25) is 9.69 Å². The molecule has 0 spiro atoms. The number of nitrogen functional groups attached to an aromatic ring is 1. The molecule has 1 rings (SSSR count). The van der Waals surface area contributed by atoms with Crippen LogP contribution in [0, 0.1) is 0 Å². The molecule has 0 atom stereocenters. The molecule has 108 valence electrons. The van der Waals surface area contributed by atoms with Gasteiger partial charge in [0.05, 0.1) is 18.8 Å². The molecule has 0 saturated carbocycles. The van der Waals surface area contributed by atoms with E-state index in [2.05, 4.69) is 13.2 Å². The van der Waals surface area contributed by atoms with Crippen molar-refractivity contribution in [2.75, 3.05) is 32.0 Å². The second kappa shape index (κ2) is 8.17. The molecule has 0 bridgehead atoms. The van der Waals surface area contributed by atoms with Gasteiger partial charge in [0, 0.05) is 18.7 Å². The van der Waals surface area contributed by atoms with Gasteiger partial charge in [-0.15, -0.1) is 13.2 Å². The van der Waals surface area contributed by atoms with E-state index in [0.717, 1.165) is 0 Å². The van der Waals surface area contributed by atoms with Gasteiger partial charge in [0.2, 0.25) is 0 Å². The third kappa shape index (κ3) is 4.55. The van der Waals surface area contributed by atoms with Crippen molar-refractivity contribution in [2.45, 2.75) is 6.92 Å². The summed E-state index contributed by atoms with van der Waals surface area (Å²) in [6.45, 7) is 11.4. The maximum atomic E-state index is 12.2. The molecule has 1 aromatic rings. The van der Waals surface area contributed by atoms with E-state index in [1.807, 2.05) is 11.8 Å². The number of hydrogen-bond acceptors (Lipinski definition) is 4. The molecule has 0 amide bonds. The molecule has 0 aliphatic heterocycles. The van der Waals surface area contributed by atoms with Crippen LogP contribution in [-0.2, 0) is 0 Å². The van der Waals surface area contributed by atoms with Crippen molar-refractivity contribution in [1.82, 2.24) is 4.90 Å². The van der Waals surface area contributed by atoms with Crippen molar-refractivity contribution in [2.24, 2.45) is 0 Å². The molecule has 4 nitrogen and oxygen atoms in total. The average Bonchev–Trinajstić information content (AvgIpc) is 2.41. The minimum absolute atomic E-state index is 0.0171. The Hall–Kier alpha value is -2.07. The van der Waals surface area contributed by atoms with Crippen molar-refractivity contribution < 1.29 is 9.53 Å². The average molecular weight is 274 g/mol. The van der Waals surface area contributed by atoms with E-state index in [-0.39, 0.29) is 5.78 Å². The fourth-order valence-corrected chi connectivity index (χ4v) is 1.87. The van der Waals surface area contributed by atoms with Crippen LogP contribution in [0.4, 0.5) is 5.69 Å². The van der Waals surface area contributed by atoms with E-state index in [4.69, 9.17) is 10.5 Å². The van der Waals surface area contributed by atoms with Crippen LogP contribution in [0.2, 0.25) is 0 Å². The first-order valence-electron chi connectivity index (χ1n) is 6.62. The summed E-state index contributed by atoms with van der Waals surface area (Å²) in [6, 6.07) is 5.13. The third-order valence-electron chi connectivity index (χ3n) is 2.77. The molecule has 0 saturated heterocycles. The monoisotopic (exact) mass is 274 g/mol. The summed E-state index contributed by atoms with van der Waals surface area (Å²) in [6.07, 6.45) is 3.53. The first-order valence-corrected chi connectivity index (χ1v) is 6.62. The standard InChI is InChI=1S/C16H22N2O2/c1-4-9-18(10-5-2)12-15(19)13-7-8-16(20-6-3)14(17)11-13/h4-5,7-8,11H,1-2,6,9-10,12,17H2,3H3. The van der Waals surface area contributed by atoms with Crippen molar-refractivity contribution in [3.8, 4) is 5.75 Å². The number of ketones is 1. The zero-order chi connectivity index (χ0) is 15.0. The summed E-state index contributed by atoms with van der Waals surface area (Å²) in [4.78, 5) is 14.2. The Kier molecular flexibility index (Phi) is 6.53. The van der Waals surface area contributed by atoms with Crippen LogP contribution in [0.3, 0.4) is 0 Å². The quantitative estimate of drug-likeness (QED) is 0.427. The van der Waals surface area contributed by atoms with Crippen molar-refractivity contribution in [3.63, 3.8) is 0 Å². The van der Waals surface area contributed by atoms with Gasteiger partial charge < -0.3 is 10.5 Å². The van der Waals surface area contributed by atoms with E-state index < -0.39 is 0 Å². The van der Waals surface area contributed by atoms with Gasteiger partial charge in [-0.1, -0.05) is 12.2 Å². The zero-order valence-electron chi connectivity index (χ0n) is 12.0. The number of hydrogen-bond donors (Lipinski definition) is 1. The third-order valence-corrected chi connectivity index (χ3v) is 2.77. The zero-order valence-corrected chi connectivity index (χ0v) is 12.0. The minimum atomic E-state index is 0.0171. The number of anilines is 1. The van der Waals surface area contributed by atoms with Gasteiger partial charge in [-0.25, -0.2) is 0 Å². The largest absolute Gasteiger partial charge is 0.492 e. The Labute approximate surface area is 120 Å². The maximum absolute atomic E-state index is 12.2. The lowest BCUT2D eigenvalue weighted by molar-refractivity contribution is 0.0945. The number of Topliss-reactive ketones (excluding diaryl/α,β-unsaturated/α-hetero) is 1. The first-order chi connectivity index (χ1) is 9.62. The number of nitrogens with two attached hydrogens (primary N) is 1. The molecule has 20 heavy (non-hydrogen) atoms. The molecule has 0 radical (unpaired) electrons. The van der Waals surface area contributed by atoms with Crippen molar-refractivity contribution in [1.29, 1.82) is 0 Å². The van der Waals surface area contributed by atoms with Gasteiger partial charge >= 0.3 is 0 Å². The Bertz CT molecular complexity index is 473. The molecular formula is C16H22N2O2. The van der Waals surface area contributed by atoms with Crippen LogP contribution in [0.5, 0.6) is 5.75 Å². The van der Waals surface area contributed by atoms with Crippen molar-refractivity contribution >= 4 is 11.5 Å². The highest BCUT2D eigenvalue weighted by molar-refractivity contribution is 5.98. The fraction of sp³-hybridized carbons (Fsp3) is 0.312. The van der Waals surface area contributed by atoms with Crippen LogP contribution in [-0.4, -0.2) is 36.9 Å². The minimum Gasteiger partial charge on any atom is -0.492 e. The Morgan fingerprint density at radius 1 is 1.35 bits per heavy atom. The molecule has 0 aromatic heterocycles. The van der Waals surface area contributed by atoms with E-state index in [9.17, 15) is 4.79 Å². The number of benzene rings is 1. The van der Waals surface area contributed by atoms with E-state index in [0.29, 0.717) is 43.2 Å². The second-order valence-electron chi connectivity index (χ2n) is 4.38. The number of carbonyl (C=O) groups excluding carboxylic acids is 1. The fourth-order valence-electron chi connectivity index (χ4n) is 1.87. The van der Waals surface area contributed by atoms with E-state index >= 15 is 0 Å². The summed E-state index contributed by atoms with van der Waals surface area (Å²) < 4.78 is 5.36. The van der Waals surface area contributed by atoms with Gasteiger partial charge in [0.1, 0.15) is 5.75 Å². The normalized spacial score (nSPS) is 10.3. The smallest absolute Gasteiger partial charge is 0.176 e. The molecule has 2 N–H and O–H groups in total. The van der Waals surface area contributed by atoms with Crippen LogP contribution in [0.1, 0.15) is 17.3 Å². The van der Waals surface area contributed by atoms with Crippen LogP contribution >= 0.6 is 0 Å². The SMILES string of the molecule is C=CCN(CC=C)CC(=O)c1ccc(OCC)c(N)c1. The number of ether oxygens (including phenoxy) is 1. The van der Waals surface area contributed by atoms with Gasteiger partial charge in [0.25, 0.3) is 0 Å². The highest BCUT2D eigenvalue weighted by atomic mass is 16.5. The second-order valence-corrected chi connectivity index (χ2v) is 4.38. The first kappa shape index (κ1) is 16.0. The highest BCUT2D eigenvalue weighted by Crippen LogP contribution is 2.22. The highest BCUT2D eigenvalue weighted by Gasteiger charge is 2.12. The molecule has 0 unspecified atom stereocenters. The number of rotatable bonds is 9. The molecule has 0 heterocycles. The summed E-state index contributed by atoms with van der Waals surface area (Å²) in [7, 11) is 0. The Morgan fingerprint density at radius 2 is 2.00 bits per heavy atom. The number of nitrogens with zero attached hydrogens (tertiary/aromatic N) is 1. The lowest BCUT2D eigenvalue weighted by atomic mass is 10.1. The van der Waals surface area contributed by atoms with E-state index in [1.165, 1.54) is 0 Å². The van der Waals surface area contributed by atoms with Crippen LogP contribution in [0.25, 0.3) is 0 Å². The summed E-state index contributed by atoms with van der Waals surface area (Å²) in [5.74, 6) is 0.626. The van der Waals surface area contributed by atoms with Gasteiger partial charge in [0.15, 0.2) is 5.78 Å².